The molecule has 2 aromatic rings. The molecule has 0 aliphatic rings. The second-order valence-electron chi connectivity index (χ2n) is 4.56. The number of nitrogens with one attached hydrogen (secondary N) is 1. The molecule has 0 aliphatic heterocycles. The second kappa shape index (κ2) is 6.71. The first-order chi connectivity index (χ1) is 10.5. The van der Waals surface area contributed by atoms with Crippen LogP contribution in [-0.4, -0.2) is 23.1 Å². The van der Waals surface area contributed by atoms with Crippen LogP contribution in [0.1, 0.15) is 17.3 Å². The number of para-hydroxylation sites is 1. The Bertz CT molecular complexity index is 685. The molecule has 0 aliphatic carbocycles. The van der Waals surface area contributed by atoms with Crippen molar-refractivity contribution in [2.75, 3.05) is 5.32 Å². The van der Waals surface area contributed by atoms with Crippen molar-refractivity contribution in [2.24, 2.45) is 0 Å². The molecule has 2 aromatic carbocycles. The summed E-state index contributed by atoms with van der Waals surface area (Å²) in [5.74, 6) is -1.91. The van der Waals surface area contributed by atoms with Gasteiger partial charge in [-0.1, -0.05) is 12.1 Å². The van der Waals surface area contributed by atoms with E-state index in [2.05, 4.69) is 5.32 Å². The van der Waals surface area contributed by atoms with Gasteiger partial charge in [0.1, 0.15) is 11.6 Å². The summed E-state index contributed by atoms with van der Waals surface area (Å²) in [6.07, 6.45) is -1.10. The molecule has 114 valence electrons. The van der Waals surface area contributed by atoms with E-state index in [1.165, 1.54) is 49.4 Å². The number of phenols is 1. The van der Waals surface area contributed by atoms with Gasteiger partial charge in [0.2, 0.25) is 0 Å². The predicted octanol–water partition coefficient (Wildman–Crippen LogP) is 2.72. The number of carbonyl (C=O) groups excluding carboxylic acids is 2. The molecule has 0 saturated heterocycles. The number of hydrogen-bond donors (Lipinski definition) is 2. The van der Waals surface area contributed by atoms with Crippen LogP contribution in [0.5, 0.6) is 5.75 Å². The Morgan fingerprint density at radius 1 is 1.14 bits per heavy atom. The van der Waals surface area contributed by atoms with Gasteiger partial charge in [-0.25, -0.2) is 9.18 Å². The summed E-state index contributed by atoms with van der Waals surface area (Å²) in [5.41, 5.74) is 0.211. The van der Waals surface area contributed by atoms with Gasteiger partial charge in [0.15, 0.2) is 6.10 Å². The summed E-state index contributed by atoms with van der Waals surface area (Å²) >= 11 is 0. The van der Waals surface area contributed by atoms with E-state index < -0.39 is 23.8 Å². The van der Waals surface area contributed by atoms with Gasteiger partial charge in [0.25, 0.3) is 5.91 Å². The van der Waals surface area contributed by atoms with Crippen molar-refractivity contribution in [1.29, 1.82) is 0 Å². The lowest BCUT2D eigenvalue weighted by Gasteiger charge is -2.14. The summed E-state index contributed by atoms with van der Waals surface area (Å²) in [4.78, 5) is 23.7. The molecule has 5 nitrogen and oxygen atoms in total. The number of esters is 1. The van der Waals surface area contributed by atoms with E-state index in [4.69, 9.17) is 9.84 Å². The quantitative estimate of drug-likeness (QED) is 0.852. The maximum atomic E-state index is 13.4. The first-order valence-corrected chi connectivity index (χ1v) is 6.53. The third-order valence-electron chi connectivity index (χ3n) is 2.89. The summed E-state index contributed by atoms with van der Waals surface area (Å²) < 4.78 is 18.4. The van der Waals surface area contributed by atoms with Gasteiger partial charge in [0, 0.05) is 0 Å². The number of hydrogen-bond acceptors (Lipinski definition) is 4. The zero-order chi connectivity index (χ0) is 16.1. The van der Waals surface area contributed by atoms with Crippen molar-refractivity contribution in [3.63, 3.8) is 0 Å². The fraction of sp³-hybridized carbons (Fsp3) is 0.125. The molecule has 0 heterocycles. The fourth-order valence-corrected chi connectivity index (χ4v) is 1.68. The number of phenolic OH excluding ortho intramolecular Hbond substituents is 1. The SMILES string of the molecule is C[C@H](OC(=O)c1ccc(O)cc1)C(=O)Nc1ccccc1F. The number of carbonyl (C=O) groups is 2. The van der Waals surface area contributed by atoms with Gasteiger partial charge in [-0.3, -0.25) is 4.79 Å². The van der Waals surface area contributed by atoms with Gasteiger partial charge >= 0.3 is 5.97 Å². The van der Waals surface area contributed by atoms with Crippen LogP contribution >= 0.6 is 0 Å². The highest BCUT2D eigenvalue weighted by atomic mass is 19.1. The van der Waals surface area contributed by atoms with Crippen molar-refractivity contribution < 1.29 is 23.8 Å². The van der Waals surface area contributed by atoms with E-state index in [9.17, 15) is 14.0 Å². The minimum Gasteiger partial charge on any atom is -0.508 e. The van der Waals surface area contributed by atoms with E-state index in [-0.39, 0.29) is 17.0 Å². The number of ether oxygens (including phenoxy) is 1. The predicted molar refractivity (Wildman–Crippen MR) is 78.0 cm³/mol. The molecule has 0 bridgehead atoms. The van der Waals surface area contributed by atoms with Crippen molar-refractivity contribution in [3.8, 4) is 5.75 Å². The first-order valence-electron chi connectivity index (χ1n) is 6.53. The van der Waals surface area contributed by atoms with Crippen molar-refractivity contribution in [2.45, 2.75) is 13.0 Å². The minimum absolute atomic E-state index is 0.0139. The maximum absolute atomic E-state index is 13.4. The highest BCUT2D eigenvalue weighted by Crippen LogP contribution is 2.14. The van der Waals surface area contributed by atoms with Crippen LogP contribution in [-0.2, 0) is 9.53 Å². The van der Waals surface area contributed by atoms with Crippen LogP contribution in [0.15, 0.2) is 48.5 Å². The number of halogens is 1. The summed E-state index contributed by atoms with van der Waals surface area (Å²) in [6, 6.07) is 11.1. The van der Waals surface area contributed by atoms with E-state index in [1.807, 2.05) is 0 Å². The number of aromatic hydroxyl groups is 1. The van der Waals surface area contributed by atoms with Crippen LogP contribution in [0, 0.1) is 5.82 Å². The molecule has 1 amide bonds. The highest BCUT2D eigenvalue weighted by Gasteiger charge is 2.19. The Kier molecular flexibility index (Phi) is 4.73. The molecule has 2 N–H and O–H groups in total. The standard InChI is InChI=1S/C16H14FNO4/c1-10(15(20)18-14-5-3-2-4-13(14)17)22-16(21)11-6-8-12(19)9-7-11/h2-10,19H,1H3,(H,18,20)/t10-/m0/s1. The zero-order valence-corrected chi connectivity index (χ0v) is 11.7. The van der Waals surface area contributed by atoms with E-state index in [0.29, 0.717) is 0 Å². The molecule has 0 unspecified atom stereocenters. The van der Waals surface area contributed by atoms with E-state index in [0.717, 1.165) is 0 Å². The van der Waals surface area contributed by atoms with E-state index in [1.54, 1.807) is 6.07 Å². The lowest BCUT2D eigenvalue weighted by molar-refractivity contribution is -0.123. The molecule has 0 fully saturated rings. The van der Waals surface area contributed by atoms with Crippen LogP contribution < -0.4 is 5.32 Å². The van der Waals surface area contributed by atoms with Gasteiger partial charge in [-0.2, -0.15) is 0 Å². The molecule has 0 saturated carbocycles. The average molecular weight is 303 g/mol. The topological polar surface area (TPSA) is 75.6 Å². The normalized spacial score (nSPS) is 11.5. The van der Waals surface area contributed by atoms with Crippen molar-refractivity contribution in [1.82, 2.24) is 0 Å². The fourth-order valence-electron chi connectivity index (χ4n) is 1.68. The Morgan fingerprint density at radius 2 is 1.77 bits per heavy atom. The molecule has 22 heavy (non-hydrogen) atoms. The molecule has 0 radical (unpaired) electrons. The number of benzene rings is 2. The summed E-state index contributed by atoms with van der Waals surface area (Å²) in [7, 11) is 0. The zero-order valence-electron chi connectivity index (χ0n) is 11.7. The molecular formula is C16H14FNO4. The molecule has 0 spiro atoms. The second-order valence-corrected chi connectivity index (χ2v) is 4.56. The van der Waals surface area contributed by atoms with Gasteiger partial charge in [0.05, 0.1) is 11.3 Å². The molecular weight excluding hydrogens is 289 g/mol. The molecule has 2 rings (SSSR count). The Morgan fingerprint density at radius 3 is 2.41 bits per heavy atom. The van der Waals surface area contributed by atoms with Gasteiger partial charge in [-0.15, -0.1) is 0 Å². The summed E-state index contributed by atoms with van der Waals surface area (Å²) in [6.45, 7) is 1.38. The lowest BCUT2D eigenvalue weighted by Crippen LogP contribution is -2.30. The Labute approximate surface area is 126 Å². The Balaban J connectivity index is 1.98. The van der Waals surface area contributed by atoms with Crippen LogP contribution in [0.3, 0.4) is 0 Å². The van der Waals surface area contributed by atoms with Crippen molar-refractivity contribution >= 4 is 17.6 Å². The average Bonchev–Trinajstić information content (AvgIpc) is 2.50. The van der Waals surface area contributed by atoms with Gasteiger partial charge < -0.3 is 15.2 Å². The lowest BCUT2D eigenvalue weighted by atomic mass is 10.2. The first kappa shape index (κ1) is 15.5. The third kappa shape index (κ3) is 3.82. The maximum Gasteiger partial charge on any atom is 0.338 e. The highest BCUT2D eigenvalue weighted by molar-refractivity contribution is 5.97. The minimum atomic E-state index is -1.10. The van der Waals surface area contributed by atoms with Crippen molar-refractivity contribution in [3.05, 3.63) is 59.9 Å². The Hall–Kier alpha value is -2.89. The smallest absolute Gasteiger partial charge is 0.338 e. The molecule has 1 atom stereocenters. The number of rotatable bonds is 4. The monoisotopic (exact) mass is 303 g/mol. The van der Waals surface area contributed by atoms with Crippen LogP contribution in [0.4, 0.5) is 10.1 Å². The van der Waals surface area contributed by atoms with Crippen LogP contribution in [0.2, 0.25) is 0 Å². The molecule has 6 heteroatoms. The number of anilines is 1. The number of amides is 1. The van der Waals surface area contributed by atoms with Crippen LogP contribution in [0.25, 0.3) is 0 Å². The largest absolute Gasteiger partial charge is 0.508 e. The van der Waals surface area contributed by atoms with Gasteiger partial charge in [-0.05, 0) is 43.3 Å². The summed E-state index contributed by atoms with van der Waals surface area (Å²) in [5, 5.41) is 11.5. The molecule has 0 aromatic heterocycles. The third-order valence-corrected chi connectivity index (χ3v) is 2.89. The van der Waals surface area contributed by atoms with E-state index >= 15 is 0 Å².